The summed E-state index contributed by atoms with van der Waals surface area (Å²) < 4.78 is 5.06. The Morgan fingerprint density at radius 3 is 2.38 bits per heavy atom. The third kappa shape index (κ3) is 9.84. The van der Waals surface area contributed by atoms with Crippen LogP contribution >= 0.6 is 0 Å². The molecule has 0 amide bonds. The van der Waals surface area contributed by atoms with E-state index in [-0.39, 0.29) is 0 Å². The fourth-order valence-corrected chi connectivity index (χ4v) is 1.16. The Hall–Kier alpha value is -0.0800. The Balaban J connectivity index is 3.25. The summed E-state index contributed by atoms with van der Waals surface area (Å²) in [5, 5.41) is 3.45. The third-order valence-corrected chi connectivity index (χ3v) is 2.00. The van der Waals surface area contributed by atoms with Gasteiger partial charge in [-0.25, -0.2) is 0 Å². The summed E-state index contributed by atoms with van der Waals surface area (Å²) in [6.45, 7) is 12.0. The zero-order valence-electron chi connectivity index (χ0n) is 9.81. The van der Waals surface area contributed by atoms with Gasteiger partial charge in [0, 0.05) is 13.7 Å². The lowest BCUT2D eigenvalue weighted by molar-refractivity contribution is 0.158. The van der Waals surface area contributed by atoms with E-state index in [1.165, 1.54) is 6.42 Å². The molecule has 1 unspecified atom stereocenters. The van der Waals surface area contributed by atoms with Crippen LogP contribution in [0.2, 0.25) is 0 Å². The lowest BCUT2D eigenvalue weighted by atomic mass is 9.92. The highest BCUT2D eigenvalue weighted by Crippen LogP contribution is 2.16. The normalized spacial score (nSPS) is 14.5. The van der Waals surface area contributed by atoms with Crippen molar-refractivity contribution in [3.8, 4) is 0 Å². The summed E-state index contributed by atoms with van der Waals surface area (Å²) in [5.74, 6) is 0.616. The van der Waals surface area contributed by atoms with Gasteiger partial charge < -0.3 is 10.1 Å². The van der Waals surface area contributed by atoms with Crippen LogP contribution in [0.4, 0.5) is 0 Å². The topological polar surface area (TPSA) is 21.3 Å². The molecule has 0 saturated heterocycles. The van der Waals surface area contributed by atoms with E-state index in [0.29, 0.717) is 11.3 Å². The molecule has 0 aliphatic carbocycles. The molecule has 0 aromatic rings. The second-order valence-electron chi connectivity index (χ2n) is 5.08. The van der Waals surface area contributed by atoms with Crippen molar-refractivity contribution in [1.82, 2.24) is 5.32 Å². The quantitative estimate of drug-likeness (QED) is 0.644. The zero-order chi connectivity index (χ0) is 10.3. The molecule has 13 heavy (non-hydrogen) atoms. The summed E-state index contributed by atoms with van der Waals surface area (Å²) in [7, 11) is 1.76. The highest BCUT2D eigenvalue weighted by Gasteiger charge is 2.09. The Bertz CT molecular complexity index is 118. The molecule has 0 aromatic carbocycles. The molecule has 80 valence electrons. The number of nitrogens with one attached hydrogen (secondary N) is 1. The van der Waals surface area contributed by atoms with E-state index in [2.05, 4.69) is 33.0 Å². The van der Waals surface area contributed by atoms with E-state index >= 15 is 0 Å². The maximum Gasteiger partial charge on any atom is 0.0499 e. The number of ether oxygens (including phenoxy) is 1. The second-order valence-corrected chi connectivity index (χ2v) is 5.08. The van der Waals surface area contributed by atoms with Gasteiger partial charge in [-0.2, -0.15) is 0 Å². The highest BCUT2D eigenvalue weighted by molar-refractivity contribution is 4.64. The molecule has 0 saturated carbocycles. The summed E-state index contributed by atoms with van der Waals surface area (Å²) in [4.78, 5) is 0. The summed E-state index contributed by atoms with van der Waals surface area (Å²) >= 11 is 0. The largest absolute Gasteiger partial charge is 0.384 e. The first-order chi connectivity index (χ1) is 5.95. The van der Waals surface area contributed by atoms with Crippen molar-refractivity contribution in [3.63, 3.8) is 0 Å². The standard InChI is InChI=1S/C11H25NO/c1-10(9-13-5)8-12-7-6-11(2,3)4/h10,12H,6-9H2,1-5H3. The van der Waals surface area contributed by atoms with E-state index in [1.807, 2.05) is 0 Å². The second kappa shape index (κ2) is 6.39. The van der Waals surface area contributed by atoms with Crippen LogP contribution in [0.3, 0.4) is 0 Å². The van der Waals surface area contributed by atoms with Gasteiger partial charge in [-0.15, -0.1) is 0 Å². The molecule has 0 aromatic heterocycles. The van der Waals surface area contributed by atoms with Gasteiger partial charge in [0.1, 0.15) is 0 Å². The van der Waals surface area contributed by atoms with Gasteiger partial charge in [-0.3, -0.25) is 0 Å². The van der Waals surface area contributed by atoms with Crippen LogP contribution in [-0.2, 0) is 4.74 Å². The lowest BCUT2D eigenvalue weighted by Gasteiger charge is -2.19. The Kier molecular flexibility index (Phi) is 6.35. The van der Waals surface area contributed by atoms with Crippen molar-refractivity contribution < 1.29 is 4.74 Å². The van der Waals surface area contributed by atoms with Gasteiger partial charge in [-0.05, 0) is 30.8 Å². The maximum atomic E-state index is 5.06. The van der Waals surface area contributed by atoms with E-state index in [4.69, 9.17) is 4.74 Å². The minimum absolute atomic E-state index is 0.442. The smallest absolute Gasteiger partial charge is 0.0499 e. The molecule has 2 heteroatoms. The predicted octanol–water partition coefficient (Wildman–Crippen LogP) is 2.29. The molecule has 0 bridgehead atoms. The molecule has 1 N–H and O–H groups in total. The van der Waals surface area contributed by atoms with Gasteiger partial charge in [-0.1, -0.05) is 27.7 Å². The van der Waals surface area contributed by atoms with Crippen molar-refractivity contribution >= 4 is 0 Å². The van der Waals surface area contributed by atoms with Crippen LogP contribution < -0.4 is 5.32 Å². The third-order valence-electron chi connectivity index (χ3n) is 2.00. The summed E-state index contributed by atoms with van der Waals surface area (Å²) in [6, 6.07) is 0. The number of rotatable bonds is 6. The Morgan fingerprint density at radius 1 is 1.31 bits per heavy atom. The van der Waals surface area contributed by atoms with Gasteiger partial charge >= 0.3 is 0 Å². The molecule has 2 nitrogen and oxygen atoms in total. The van der Waals surface area contributed by atoms with E-state index in [9.17, 15) is 0 Å². The van der Waals surface area contributed by atoms with Crippen LogP contribution in [0.5, 0.6) is 0 Å². The lowest BCUT2D eigenvalue weighted by Crippen LogP contribution is -2.27. The van der Waals surface area contributed by atoms with Crippen molar-refractivity contribution in [2.45, 2.75) is 34.1 Å². The van der Waals surface area contributed by atoms with Gasteiger partial charge in [0.05, 0.1) is 0 Å². The summed E-state index contributed by atoms with van der Waals surface area (Å²) in [5.41, 5.74) is 0.442. The van der Waals surface area contributed by atoms with Crippen molar-refractivity contribution in [3.05, 3.63) is 0 Å². The highest BCUT2D eigenvalue weighted by atomic mass is 16.5. The molecular weight excluding hydrogens is 162 g/mol. The molecule has 0 aliphatic rings. The first-order valence-corrected chi connectivity index (χ1v) is 5.15. The molecular formula is C11H25NO. The molecule has 0 spiro atoms. The zero-order valence-corrected chi connectivity index (χ0v) is 9.81. The fraction of sp³-hybridized carbons (Fsp3) is 1.00. The minimum atomic E-state index is 0.442. The van der Waals surface area contributed by atoms with E-state index in [1.54, 1.807) is 7.11 Å². The average molecular weight is 187 g/mol. The molecule has 0 radical (unpaired) electrons. The molecule has 0 rings (SSSR count). The van der Waals surface area contributed by atoms with Crippen molar-refractivity contribution in [1.29, 1.82) is 0 Å². The van der Waals surface area contributed by atoms with Crippen LogP contribution in [0, 0.1) is 11.3 Å². The minimum Gasteiger partial charge on any atom is -0.384 e. The van der Waals surface area contributed by atoms with E-state index in [0.717, 1.165) is 19.7 Å². The SMILES string of the molecule is COCC(C)CNCCC(C)(C)C. The van der Waals surface area contributed by atoms with Crippen LogP contribution in [0.15, 0.2) is 0 Å². The van der Waals surface area contributed by atoms with Crippen LogP contribution in [0.1, 0.15) is 34.1 Å². The number of hydrogen-bond donors (Lipinski definition) is 1. The molecule has 0 aliphatic heterocycles. The Morgan fingerprint density at radius 2 is 1.92 bits per heavy atom. The summed E-state index contributed by atoms with van der Waals surface area (Å²) in [6.07, 6.45) is 1.23. The number of hydrogen-bond acceptors (Lipinski definition) is 2. The first kappa shape index (κ1) is 12.9. The van der Waals surface area contributed by atoms with E-state index < -0.39 is 0 Å². The monoisotopic (exact) mass is 187 g/mol. The molecule has 1 atom stereocenters. The maximum absolute atomic E-state index is 5.06. The number of methoxy groups -OCH3 is 1. The van der Waals surface area contributed by atoms with Gasteiger partial charge in [0.15, 0.2) is 0 Å². The average Bonchev–Trinajstić information content (AvgIpc) is 1.97. The molecule has 0 fully saturated rings. The van der Waals surface area contributed by atoms with Gasteiger partial charge in [0.2, 0.25) is 0 Å². The van der Waals surface area contributed by atoms with Gasteiger partial charge in [0.25, 0.3) is 0 Å². The molecule has 0 heterocycles. The predicted molar refractivity (Wildman–Crippen MR) is 58.0 cm³/mol. The van der Waals surface area contributed by atoms with Crippen molar-refractivity contribution in [2.24, 2.45) is 11.3 Å². The Labute approximate surface area is 83.1 Å². The van der Waals surface area contributed by atoms with Crippen molar-refractivity contribution in [2.75, 3.05) is 26.8 Å². The fourth-order valence-electron chi connectivity index (χ4n) is 1.16. The van der Waals surface area contributed by atoms with Crippen LogP contribution in [0.25, 0.3) is 0 Å². The first-order valence-electron chi connectivity index (χ1n) is 5.15. The van der Waals surface area contributed by atoms with Crippen LogP contribution in [-0.4, -0.2) is 26.8 Å².